The summed E-state index contributed by atoms with van der Waals surface area (Å²) in [5.41, 5.74) is 9.08. The zero-order valence-electron chi connectivity index (χ0n) is 11.6. The molecule has 2 saturated heterocycles. The van der Waals surface area contributed by atoms with Gasteiger partial charge in [0.2, 0.25) is 5.91 Å². The zero-order chi connectivity index (χ0) is 14.3. The number of anilines is 1. The second-order valence-electron chi connectivity index (χ2n) is 5.61. The van der Waals surface area contributed by atoms with E-state index in [1.165, 1.54) is 5.56 Å². The fourth-order valence-electron chi connectivity index (χ4n) is 3.19. The molecule has 2 N–H and O–H groups in total. The van der Waals surface area contributed by atoms with Gasteiger partial charge in [-0.2, -0.15) is 0 Å². The Kier molecular flexibility index (Phi) is 3.38. The van der Waals surface area contributed by atoms with Gasteiger partial charge in [0, 0.05) is 43.3 Å². The third-order valence-electron chi connectivity index (χ3n) is 4.25. The Morgan fingerprint density at radius 3 is 2.95 bits per heavy atom. The van der Waals surface area contributed by atoms with Gasteiger partial charge in [-0.1, -0.05) is 18.3 Å². The molecule has 0 saturated carbocycles. The van der Waals surface area contributed by atoms with Crippen LogP contribution in [0.3, 0.4) is 0 Å². The minimum absolute atomic E-state index is 0.300. The fraction of sp³-hybridized carbons (Fsp3) is 0.467. The van der Waals surface area contributed by atoms with Gasteiger partial charge in [0.25, 0.3) is 0 Å². The number of fused-ring (bicyclic) bond motifs is 1. The Bertz CT molecular complexity index is 572. The third kappa shape index (κ3) is 2.26. The molecule has 1 amide bonds. The number of nitrogens with two attached hydrogens (primary N) is 1. The van der Waals surface area contributed by atoms with Crippen LogP contribution in [0.4, 0.5) is 5.69 Å². The van der Waals surface area contributed by atoms with Crippen LogP contribution in [0, 0.1) is 6.92 Å². The Morgan fingerprint density at radius 2 is 2.20 bits per heavy atom. The van der Waals surface area contributed by atoms with Crippen LogP contribution in [0.1, 0.15) is 24.0 Å². The van der Waals surface area contributed by atoms with Crippen molar-refractivity contribution in [2.45, 2.75) is 25.8 Å². The standard InChI is InChI=1S/C15H19N3OS/c1-10-2-4-12(15(16)20)13(8-10)17-6-7-18-11(9-17)3-5-14(18)19/h2,4,8,11H,3,5-7,9H2,1H3,(H2,16,20). The number of thiocarbonyl (C=S) groups is 1. The minimum atomic E-state index is 0.300. The SMILES string of the molecule is Cc1ccc(C(N)=S)c(N2CCN3C(=O)CCC3C2)c1. The number of amides is 1. The van der Waals surface area contributed by atoms with Crippen molar-refractivity contribution in [2.24, 2.45) is 5.73 Å². The molecule has 2 aliphatic heterocycles. The molecule has 2 heterocycles. The quantitative estimate of drug-likeness (QED) is 0.837. The second kappa shape index (κ2) is 5.05. The summed E-state index contributed by atoms with van der Waals surface area (Å²) in [5, 5.41) is 0. The van der Waals surface area contributed by atoms with Crippen molar-refractivity contribution in [2.75, 3.05) is 24.5 Å². The Hall–Kier alpha value is -1.62. The zero-order valence-corrected chi connectivity index (χ0v) is 12.4. The first-order valence-corrected chi connectivity index (χ1v) is 7.42. The normalized spacial score (nSPS) is 22.1. The van der Waals surface area contributed by atoms with E-state index in [0.717, 1.165) is 37.3 Å². The summed E-state index contributed by atoms with van der Waals surface area (Å²) in [6.07, 6.45) is 1.65. The van der Waals surface area contributed by atoms with E-state index < -0.39 is 0 Å². The lowest BCUT2D eigenvalue weighted by atomic mass is 10.1. The highest BCUT2D eigenvalue weighted by Gasteiger charge is 2.35. The van der Waals surface area contributed by atoms with Crippen LogP contribution >= 0.6 is 12.2 Å². The largest absolute Gasteiger partial charge is 0.389 e. The van der Waals surface area contributed by atoms with E-state index >= 15 is 0 Å². The molecule has 5 heteroatoms. The number of piperazine rings is 1. The van der Waals surface area contributed by atoms with E-state index in [-0.39, 0.29) is 0 Å². The maximum atomic E-state index is 11.7. The van der Waals surface area contributed by atoms with Crippen molar-refractivity contribution in [1.29, 1.82) is 0 Å². The lowest BCUT2D eigenvalue weighted by Gasteiger charge is -2.39. The summed E-state index contributed by atoms with van der Waals surface area (Å²) in [5.74, 6) is 0.300. The molecule has 2 fully saturated rings. The molecule has 2 aliphatic rings. The molecule has 0 radical (unpaired) electrons. The van der Waals surface area contributed by atoms with Gasteiger partial charge in [0.15, 0.2) is 0 Å². The van der Waals surface area contributed by atoms with Gasteiger partial charge >= 0.3 is 0 Å². The van der Waals surface area contributed by atoms with Gasteiger partial charge in [0.1, 0.15) is 4.99 Å². The maximum absolute atomic E-state index is 11.7. The topological polar surface area (TPSA) is 49.6 Å². The Morgan fingerprint density at radius 1 is 1.40 bits per heavy atom. The second-order valence-corrected chi connectivity index (χ2v) is 6.05. The van der Waals surface area contributed by atoms with Crippen LogP contribution in [-0.2, 0) is 4.79 Å². The molecule has 1 aromatic rings. The highest BCUT2D eigenvalue weighted by molar-refractivity contribution is 7.80. The van der Waals surface area contributed by atoms with Gasteiger partial charge in [-0.25, -0.2) is 0 Å². The van der Waals surface area contributed by atoms with Crippen LogP contribution in [0.2, 0.25) is 0 Å². The minimum Gasteiger partial charge on any atom is -0.389 e. The molecule has 4 nitrogen and oxygen atoms in total. The van der Waals surface area contributed by atoms with Crippen LogP contribution in [0.15, 0.2) is 18.2 Å². The molecular formula is C15H19N3OS. The number of rotatable bonds is 2. The number of hydrogen-bond acceptors (Lipinski definition) is 3. The summed E-state index contributed by atoms with van der Waals surface area (Å²) in [6.45, 7) is 4.60. The average Bonchev–Trinajstić information content (AvgIpc) is 2.79. The summed E-state index contributed by atoms with van der Waals surface area (Å²) < 4.78 is 0. The molecule has 106 valence electrons. The summed E-state index contributed by atoms with van der Waals surface area (Å²) in [4.78, 5) is 16.5. The van der Waals surface area contributed by atoms with E-state index in [4.69, 9.17) is 18.0 Å². The molecule has 3 rings (SSSR count). The predicted molar refractivity (Wildman–Crippen MR) is 84.0 cm³/mol. The Balaban J connectivity index is 1.89. The number of nitrogens with zero attached hydrogens (tertiary/aromatic N) is 2. The lowest BCUT2D eigenvalue weighted by molar-refractivity contribution is -0.129. The highest BCUT2D eigenvalue weighted by Crippen LogP contribution is 2.29. The molecule has 0 aromatic heterocycles. The fourth-order valence-corrected chi connectivity index (χ4v) is 3.37. The van der Waals surface area contributed by atoms with Crippen LogP contribution in [0.5, 0.6) is 0 Å². The molecule has 1 unspecified atom stereocenters. The number of carbonyl (C=O) groups is 1. The summed E-state index contributed by atoms with van der Waals surface area (Å²) in [7, 11) is 0. The van der Waals surface area contributed by atoms with E-state index in [2.05, 4.69) is 17.9 Å². The number of aryl methyl sites for hydroxylation is 1. The van der Waals surface area contributed by atoms with Crippen molar-refractivity contribution in [3.8, 4) is 0 Å². The molecule has 0 aliphatic carbocycles. The Labute approximate surface area is 124 Å². The van der Waals surface area contributed by atoms with Crippen molar-refractivity contribution in [1.82, 2.24) is 4.90 Å². The van der Waals surface area contributed by atoms with Crippen molar-refractivity contribution < 1.29 is 4.79 Å². The van der Waals surface area contributed by atoms with Gasteiger partial charge in [-0.15, -0.1) is 0 Å². The first-order valence-electron chi connectivity index (χ1n) is 7.01. The van der Waals surface area contributed by atoms with E-state index in [1.807, 2.05) is 17.0 Å². The number of benzene rings is 1. The van der Waals surface area contributed by atoms with Crippen molar-refractivity contribution in [3.05, 3.63) is 29.3 Å². The summed E-state index contributed by atoms with van der Waals surface area (Å²) in [6, 6.07) is 6.52. The third-order valence-corrected chi connectivity index (χ3v) is 4.47. The number of carbonyl (C=O) groups excluding carboxylic acids is 1. The van der Waals surface area contributed by atoms with Crippen molar-refractivity contribution in [3.63, 3.8) is 0 Å². The van der Waals surface area contributed by atoms with E-state index in [1.54, 1.807) is 0 Å². The van der Waals surface area contributed by atoms with E-state index in [0.29, 0.717) is 23.4 Å². The van der Waals surface area contributed by atoms with Gasteiger partial charge in [-0.3, -0.25) is 4.79 Å². The van der Waals surface area contributed by atoms with Crippen LogP contribution < -0.4 is 10.6 Å². The predicted octanol–water partition coefficient (Wildman–Crippen LogP) is 1.44. The van der Waals surface area contributed by atoms with Crippen LogP contribution in [-0.4, -0.2) is 41.5 Å². The van der Waals surface area contributed by atoms with Crippen LogP contribution in [0.25, 0.3) is 0 Å². The molecular weight excluding hydrogens is 270 g/mol. The smallest absolute Gasteiger partial charge is 0.223 e. The highest BCUT2D eigenvalue weighted by atomic mass is 32.1. The lowest BCUT2D eigenvalue weighted by Crippen LogP contribution is -2.51. The summed E-state index contributed by atoms with van der Waals surface area (Å²) >= 11 is 5.16. The van der Waals surface area contributed by atoms with Gasteiger partial charge in [0.05, 0.1) is 0 Å². The molecule has 1 atom stereocenters. The van der Waals surface area contributed by atoms with E-state index in [9.17, 15) is 4.79 Å². The first-order chi connectivity index (χ1) is 9.56. The molecule has 20 heavy (non-hydrogen) atoms. The molecule has 1 aromatic carbocycles. The number of hydrogen-bond donors (Lipinski definition) is 1. The maximum Gasteiger partial charge on any atom is 0.223 e. The molecule has 0 spiro atoms. The molecule has 0 bridgehead atoms. The van der Waals surface area contributed by atoms with Gasteiger partial charge < -0.3 is 15.5 Å². The van der Waals surface area contributed by atoms with Gasteiger partial charge in [-0.05, 0) is 31.0 Å². The average molecular weight is 289 g/mol. The monoisotopic (exact) mass is 289 g/mol. The first kappa shape index (κ1) is 13.4. The van der Waals surface area contributed by atoms with Crippen molar-refractivity contribution >= 4 is 28.8 Å².